The van der Waals surface area contributed by atoms with Gasteiger partial charge in [-0.05, 0) is 73.1 Å². The Hall–Kier alpha value is -3.00. The van der Waals surface area contributed by atoms with Crippen LogP contribution in [0.2, 0.25) is 0 Å². The van der Waals surface area contributed by atoms with Crippen LogP contribution < -0.4 is 19.8 Å². The van der Waals surface area contributed by atoms with Gasteiger partial charge in [0.25, 0.3) is 5.24 Å². The lowest BCUT2D eigenvalue weighted by molar-refractivity contribution is 0.261. The summed E-state index contributed by atoms with van der Waals surface area (Å²) < 4.78 is 11.1. The van der Waals surface area contributed by atoms with Crippen molar-refractivity contribution in [2.75, 3.05) is 25.7 Å². The Morgan fingerprint density at radius 2 is 1.86 bits per heavy atom. The van der Waals surface area contributed by atoms with Crippen LogP contribution >= 0.6 is 11.8 Å². The van der Waals surface area contributed by atoms with E-state index in [1.54, 1.807) is 14.2 Å². The van der Waals surface area contributed by atoms with Crippen LogP contribution in [0.3, 0.4) is 0 Å². The Labute approximate surface area is 223 Å². The maximum atomic E-state index is 11.8. The van der Waals surface area contributed by atoms with E-state index >= 15 is 0 Å². The maximum Gasteiger partial charge on any atom is 0.299 e. The number of carbonyl (C=O) groups is 1. The van der Waals surface area contributed by atoms with Crippen LogP contribution in [0.15, 0.2) is 46.5 Å². The van der Waals surface area contributed by atoms with Gasteiger partial charge in [-0.3, -0.25) is 9.79 Å². The van der Waals surface area contributed by atoms with Crippen molar-refractivity contribution in [2.45, 2.75) is 69.6 Å². The summed E-state index contributed by atoms with van der Waals surface area (Å²) in [5.74, 6) is 2.41. The van der Waals surface area contributed by atoms with Gasteiger partial charge in [-0.15, -0.1) is 0 Å². The lowest BCUT2D eigenvalue weighted by atomic mass is 9.76. The summed E-state index contributed by atoms with van der Waals surface area (Å²) in [6.45, 7) is 7.52. The molecule has 1 amide bonds. The van der Waals surface area contributed by atoms with Crippen molar-refractivity contribution >= 4 is 34.2 Å². The largest absolute Gasteiger partial charge is 0.493 e. The standard InChI is InChI=1S/C29H36N4O3S/c1-18-26(31-32-28(34)37-18)19-10-12-23-22(16-19)29(2,3)14-15-33(23)27(30-21-8-6-7-9-21)20-11-13-24(35-4)25(17-20)36-5/h10-13,16-18,21H,6-9,14-15H2,1-5H3,(H,32,34). The van der Waals surface area contributed by atoms with Crippen LogP contribution in [-0.4, -0.2) is 48.8 Å². The van der Waals surface area contributed by atoms with Gasteiger partial charge in [0, 0.05) is 17.8 Å². The van der Waals surface area contributed by atoms with Gasteiger partial charge >= 0.3 is 0 Å². The van der Waals surface area contributed by atoms with Gasteiger partial charge in [-0.1, -0.05) is 44.5 Å². The summed E-state index contributed by atoms with van der Waals surface area (Å²) in [6, 6.07) is 13.0. The minimum absolute atomic E-state index is 0.000796. The molecule has 196 valence electrons. The average Bonchev–Trinajstić information content (AvgIpc) is 3.41. The third kappa shape index (κ3) is 5.08. The van der Waals surface area contributed by atoms with Gasteiger partial charge in [0.15, 0.2) is 11.5 Å². The smallest absolute Gasteiger partial charge is 0.299 e. The second-order valence-corrected chi connectivity index (χ2v) is 11.9. The summed E-state index contributed by atoms with van der Waals surface area (Å²) in [5.41, 5.74) is 8.05. The number of rotatable bonds is 5. The number of fused-ring (bicyclic) bond motifs is 1. The number of amidine groups is 1. The fourth-order valence-electron chi connectivity index (χ4n) is 5.56. The van der Waals surface area contributed by atoms with E-state index in [1.807, 2.05) is 19.1 Å². The molecule has 1 unspecified atom stereocenters. The predicted octanol–water partition coefficient (Wildman–Crippen LogP) is 6.13. The number of aliphatic imine (C=N–C) groups is 1. The summed E-state index contributed by atoms with van der Waals surface area (Å²) in [7, 11) is 3.33. The fraction of sp³-hybridized carbons (Fsp3) is 0.483. The highest BCUT2D eigenvalue weighted by Gasteiger charge is 2.35. The average molecular weight is 521 g/mol. The van der Waals surface area contributed by atoms with Crippen molar-refractivity contribution in [1.82, 2.24) is 5.43 Å². The quantitative estimate of drug-likeness (QED) is 0.379. The van der Waals surface area contributed by atoms with Crippen molar-refractivity contribution in [3.05, 3.63) is 53.1 Å². The number of hydrogen-bond donors (Lipinski definition) is 1. The van der Waals surface area contributed by atoms with Crippen LogP contribution in [-0.2, 0) is 5.41 Å². The zero-order chi connectivity index (χ0) is 26.2. The molecule has 7 nitrogen and oxygen atoms in total. The number of nitrogens with one attached hydrogen (secondary N) is 1. The van der Waals surface area contributed by atoms with Crippen LogP contribution in [0.1, 0.15) is 69.6 Å². The number of benzene rings is 2. The number of hydrazone groups is 1. The molecule has 1 atom stereocenters. The molecule has 0 saturated heterocycles. The van der Waals surface area contributed by atoms with E-state index in [0.29, 0.717) is 17.5 Å². The molecule has 2 heterocycles. The molecule has 1 saturated carbocycles. The minimum Gasteiger partial charge on any atom is -0.493 e. The Bertz CT molecular complexity index is 1250. The van der Waals surface area contributed by atoms with E-state index in [1.165, 1.54) is 35.9 Å². The number of carbonyl (C=O) groups excluding carboxylic acids is 1. The zero-order valence-corrected chi connectivity index (χ0v) is 23.2. The summed E-state index contributed by atoms with van der Waals surface area (Å²) in [5, 5.41) is 4.29. The normalized spacial score (nSPS) is 21.8. The molecule has 0 spiro atoms. The molecule has 0 bridgehead atoms. The number of ether oxygens (including phenoxy) is 2. The van der Waals surface area contributed by atoms with Crippen molar-refractivity contribution in [2.24, 2.45) is 10.1 Å². The highest BCUT2D eigenvalue weighted by Crippen LogP contribution is 2.42. The summed E-state index contributed by atoms with van der Waals surface area (Å²) >= 11 is 1.28. The summed E-state index contributed by atoms with van der Waals surface area (Å²) in [4.78, 5) is 19.5. The minimum atomic E-state index is -0.108. The van der Waals surface area contributed by atoms with Crippen LogP contribution in [0.25, 0.3) is 0 Å². The number of methoxy groups -OCH3 is 2. The molecule has 1 fully saturated rings. The molecule has 0 aromatic heterocycles. The fourth-order valence-corrected chi connectivity index (χ4v) is 6.28. The van der Waals surface area contributed by atoms with Crippen LogP contribution in [0.5, 0.6) is 11.5 Å². The first-order valence-electron chi connectivity index (χ1n) is 13.1. The summed E-state index contributed by atoms with van der Waals surface area (Å²) in [6.07, 6.45) is 5.71. The predicted molar refractivity (Wildman–Crippen MR) is 152 cm³/mol. The van der Waals surface area contributed by atoms with Crippen LogP contribution in [0, 0.1) is 0 Å². The molecule has 5 rings (SSSR count). The Morgan fingerprint density at radius 1 is 1.11 bits per heavy atom. The first-order valence-corrected chi connectivity index (χ1v) is 14.0. The van der Waals surface area contributed by atoms with E-state index in [0.717, 1.165) is 48.5 Å². The van der Waals surface area contributed by atoms with E-state index in [9.17, 15) is 4.79 Å². The number of amides is 1. The first-order chi connectivity index (χ1) is 17.8. The third-order valence-corrected chi connectivity index (χ3v) is 8.62. The number of anilines is 1. The SMILES string of the molecule is COc1ccc(C(=NC2CCCC2)N2CCC(C)(C)c3cc(C4=NNC(=O)SC4C)ccc32)cc1OC. The van der Waals surface area contributed by atoms with E-state index in [2.05, 4.69) is 53.5 Å². The van der Waals surface area contributed by atoms with Crippen molar-refractivity contribution < 1.29 is 14.3 Å². The topological polar surface area (TPSA) is 75.5 Å². The lowest BCUT2D eigenvalue weighted by Gasteiger charge is -2.41. The third-order valence-electron chi connectivity index (χ3n) is 7.74. The Morgan fingerprint density at radius 3 is 2.57 bits per heavy atom. The first kappa shape index (κ1) is 25.6. The Balaban J connectivity index is 1.60. The van der Waals surface area contributed by atoms with E-state index in [-0.39, 0.29) is 15.9 Å². The van der Waals surface area contributed by atoms with Gasteiger partial charge in [-0.2, -0.15) is 5.10 Å². The van der Waals surface area contributed by atoms with Gasteiger partial charge in [-0.25, -0.2) is 5.43 Å². The molecule has 37 heavy (non-hydrogen) atoms. The van der Waals surface area contributed by atoms with E-state index in [4.69, 9.17) is 14.5 Å². The number of thioether (sulfide) groups is 1. The highest BCUT2D eigenvalue weighted by molar-refractivity contribution is 8.14. The molecule has 2 aliphatic heterocycles. The van der Waals surface area contributed by atoms with Gasteiger partial charge in [0.1, 0.15) is 5.84 Å². The molecular weight excluding hydrogens is 484 g/mol. The molecule has 3 aliphatic rings. The zero-order valence-electron chi connectivity index (χ0n) is 22.3. The van der Waals surface area contributed by atoms with E-state index < -0.39 is 0 Å². The highest BCUT2D eigenvalue weighted by atomic mass is 32.2. The van der Waals surface area contributed by atoms with Gasteiger partial charge < -0.3 is 14.4 Å². The number of nitrogens with zero attached hydrogens (tertiary/aromatic N) is 3. The van der Waals surface area contributed by atoms with Gasteiger partial charge in [0.05, 0.1) is 31.2 Å². The Kier molecular flexibility index (Phi) is 7.21. The van der Waals surface area contributed by atoms with Crippen molar-refractivity contribution in [1.29, 1.82) is 0 Å². The van der Waals surface area contributed by atoms with Gasteiger partial charge in [0.2, 0.25) is 0 Å². The lowest BCUT2D eigenvalue weighted by Crippen LogP contribution is -2.42. The molecule has 1 N–H and O–H groups in total. The van der Waals surface area contributed by atoms with Crippen molar-refractivity contribution in [3.63, 3.8) is 0 Å². The second-order valence-electron chi connectivity index (χ2n) is 10.6. The van der Waals surface area contributed by atoms with Crippen LogP contribution in [0.4, 0.5) is 10.5 Å². The molecule has 2 aromatic rings. The monoisotopic (exact) mass is 520 g/mol. The molecule has 8 heteroatoms. The molecule has 0 radical (unpaired) electrons. The maximum absolute atomic E-state index is 11.8. The second kappa shape index (κ2) is 10.4. The number of hydrogen-bond acceptors (Lipinski definition) is 6. The molecular formula is C29H36N4O3S. The van der Waals surface area contributed by atoms with Crippen molar-refractivity contribution in [3.8, 4) is 11.5 Å². The molecule has 2 aromatic carbocycles. The molecule has 1 aliphatic carbocycles.